The van der Waals surface area contributed by atoms with E-state index < -0.39 is 10.0 Å². The predicted molar refractivity (Wildman–Crippen MR) is 118 cm³/mol. The number of benzene rings is 2. The Labute approximate surface area is 181 Å². The van der Waals surface area contributed by atoms with Crippen molar-refractivity contribution in [3.8, 4) is 0 Å². The lowest BCUT2D eigenvalue weighted by Crippen LogP contribution is -2.50. The van der Waals surface area contributed by atoms with Gasteiger partial charge in [-0.2, -0.15) is 4.31 Å². The maximum absolute atomic E-state index is 13.0. The largest absolute Gasteiger partial charge is 0.340 e. The van der Waals surface area contributed by atoms with Crippen molar-refractivity contribution in [2.75, 3.05) is 31.5 Å². The van der Waals surface area contributed by atoms with E-state index in [4.69, 9.17) is 0 Å². The van der Waals surface area contributed by atoms with E-state index in [0.29, 0.717) is 24.5 Å². The highest BCUT2D eigenvalue weighted by Gasteiger charge is 2.31. The maximum Gasteiger partial charge on any atom is 0.270 e. The van der Waals surface area contributed by atoms with E-state index in [0.717, 1.165) is 10.9 Å². The number of carbonyl (C=O) groups is 2. The molecular weight excluding hydrogens is 416 g/mol. The average Bonchev–Trinajstić information content (AvgIpc) is 3.10. The van der Waals surface area contributed by atoms with Gasteiger partial charge < -0.3 is 14.8 Å². The molecule has 1 fully saturated rings. The van der Waals surface area contributed by atoms with Gasteiger partial charge in [0.1, 0.15) is 5.69 Å². The van der Waals surface area contributed by atoms with E-state index in [9.17, 15) is 18.0 Å². The van der Waals surface area contributed by atoms with Gasteiger partial charge in [-0.25, -0.2) is 8.42 Å². The van der Waals surface area contributed by atoms with Crippen LogP contribution in [0.25, 0.3) is 10.9 Å². The molecule has 9 heteroatoms. The summed E-state index contributed by atoms with van der Waals surface area (Å²) in [5.41, 5.74) is 2.11. The first-order valence-electron chi connectivity index (χ1n) is 9.99. The van der Waals surface area contributed by atoms with Crippen LogP contribution in [-0.4, -0.2) is 60.2 Å². The number of para-hydroxylation sites is 1. The van der Waals surface area contributed by atoms with Gasteiger partial charge in [-0.3, -0.25) is 9.59 Å². The molecule has 0 atom stereocenters. The fourth-order valence-electron chi connectivity index (χ4n) is 3.85. The quantitative estimate of drug-likeness (QED) is 0.674. The van der Waals surface area contributed by atoms with E-state index in [1.165, 1.54) is 23.4 Å². The zero-order valence-electron chi connectivity index (χ0n) is 17.4. The molecule has 0 spiro atoms. The summed E-state index contributed by atoms with van der Waals surface area (Å²) in [6.45, 7) is 2.49. The molecule has 2 aromatic carbocycles. The monoisotopic (exact) mass is 440 g/mol. The highest BCUT2D eigenvalue weighted by Crippen LogP contribution is 2.23. The molecule has 162 valence electrons. The lowest BCUT2D eigenvalue weighted by molar-refractivity contribution is -0.114. The molecule has 1 aliphatic rings. The van der Waals surface area contributed by atoms with Crippen molar-refractivity contribution in [2.24, 2.45) is 7.05 Å². The van der Waals surface area contributed by atoms with Crippen molar-refractivity contribution < 1.29 is 18.0 Å². The van der Waals surface area contributed by atoms with Crippen LogP contribution in [0.1, 0.15) is 17.4 Å². The molecule has 0 unspecified atom stereocenters. The SMILES string of the molecule is CC(=O)Nc1ccc(S(=O)(=O)N2CCN(C(=O)c3cc4ccccc4n3C)CC2)cc1. The van der Waals surface area contributed by atoms with Crippen LogP contribution in [0.5, 0.6) is 0 Å². The van der Waals surface area contributed by atoms with E-state index >= 15 is 0 Å². The third-order valence-electron chi connectivity index (χ3n) is 5.51. The van der Waals surface area contributed by atoms with Gasteiger partial charge >= 0.3 is 0 Å². The van der Waals surface area contributed by atoms with E-state index in [2.05, 4.69) is 5.32 Å². The molecule has 1 saturated heterocycles. The summed E-state index contributed by atoms with van der Waals surface area (Å²) >= 11 is 0. The summed E-state index contributed by atoms with van der Waals surface area (Å²) < 4.78 is 29.2. The molecule has 0 bridgehead atoms. The summed E-state index contributed by atoms with van der Waals surface area (Å²) in [5, 5.41) is 3.61. The van der Waals surface area contributed by atoms with Crippen LogP contribution in [-0.2, 0) is 21.9 Å². The molecule has 1 aromatic heterocycles. The van der Waals surface area contributed by atoms with Crippen LogP contribution in [0.15, 0.2) is 59.5 Å². The summed E-state index contributed by atoms with van der Waals surface area (Å²) in [5.74, 6) is -0.321. The van der Waals surface area contributed by atoms with Crippen LogP contribution in [0.4, 0.5) is 5.69 Å². The number of amides is 2. The molecule has 2 heterocycles. The first-order chi connectivity index (χ1) is 14.8. The highest BCUT2D eigenvalue weighted by atomic mass is 32.2. The number of aryl methyl sites for hydroxylation is 1. The Morgan fingerprint density at radius 3 is 2.19 bits per heavy atom. The molecule has 31 heavy (non-hydrogen) atoms. The molecule has 2 amide bonds. The number of nitrogens with one attached hydrogen (secondary N) is 1. The molecule has 1 aliphatic heterocycles. The molecular formula is C22H24N4O4S. The predicted octanol–water partition coefficient (Wildman–Crippen LogP) is 2.28. The molecule has 1 N–H and O–H groups in total. The van der Waals surface area contributed by atoms with Gasteiger partial charge in [-0.05, 0) is 36.4 Å². The number of rotatable bonds is 4. The number of hydrogen-bond acceptors (Lipinski definition) is 4. The Bertz CT molecular complexity index is 1240. The van der Waals surface area contributed by atoms with E-state index in [-0.39, 0.29) is 29.8 Å². The zero-order chi connectivity index (χ0) is 22.2. The smallest absolute Gasteiger partial charge is 0.270 e. The number of hydrogen-bond donors (Lipinski definition) is 1. The van der Waals surface area contributed by atoms with Crippen LogP contribution in [0, 0.1) is 0 Å². The number of carbonyl (C=O) groups excluding carboxylic acids is 2. The molecule has 3 aromatic rings. The minimum Gasteiger partial charge on any atom is -0.340 e. The highest BCUT2D eigenvalue weighted by molar-refractivity contribution is 7.89. The molecule has 4 rings (SSSR count). The topological polar surface area (TPSA) is 91.7 Å². The maximum atomic E-state index is 13.0. The normalized spacial score (nSPS) is 15.2. The van der Waals surface area contributed by atoms with Crippen LogP contribution < -0.4 is 5.32 Å². The second-order valence-corrected chi connectivity index (χ2v) is 9.49. The van der Waals surface area contributed by atoms with E-state index in [1.807, 2.05) is 41.9 Å². The summed E-state index contributed by atoms with van der Waals surface area (Å²) in [6, 6.07) is 15.8. The van der Waals surface area contributed by atoms with E-state index in [1.54, 1.807) is 17.0 Å². The molecule has 8 nitrogen and oxygen atoms in total. The minimum absolute atomic E-state index is 0.101. The van der Waals surface area contributed by atoms with Crippen molar-refractivity contribution in [2.45, 2.75) is 11.8 Å². The number of fused-ring (bicyclic) bond motifs is 1. The van der Waals surface area contributed by atoms with Crippen molar-refractivity contribution in [3.63, 3.8) is 0 Å². The number of anilines is 1. The molecule has 0 saturated carbocycles. The van der Waals surface area contributed by atoms with Gasteiger partial charge in [0.15, 0.2) is 0 Å². The van der Waals surface area contributed by atoms with Gasteiger partial charge in [-0.15, -0.1) is 0 Å². The van der Waals surface area contributed by atoms with Gasteiger partial charge in [0.2, 0.25) is 15.9 Å². The standard InChI is InChI=1S/C22H24N4O4S/c1-16(27)23-18-7-9-19(10-8-18)31(29,30)26-13-11-25(12-14-26)22(28)21-15-17-5-3-4-6-20(17)24(21)2/h3-10,15H,11-14H2,1-2H3,(H,23,27). The zero-order valence-corrected chi connectivity index (χ0v) is 18.2. The van der Waals surface area contributed by atoms with Crippen LogP contribution >= 0.6 is 0 Å². The van der Waals surface area contributed by atoms with Crippen LogP contribution in [0.3, 0.4) is 0 Å². The van der Waals surface area contributed by atoms with Gasteiger partial charge in [0, 0.05) is 56.7 Å². The number of aromatic nitrogens is 1. The van der Waals surface area contributed by atoms with Gasteiger partial charge in [-0.1, -0.05) is 18.2 Å². The average molecular weight is 441 g/mol. The summed E-state index contributed by atoms with van der Waals surface area (Å²) in [6.07, 6.45) is 0. The number of sulfonamides is 1. The Hall–Kier alpha value is -3.17. The number of piperazine rings is 1. The lowest BCUT2D eigenvalue weighted by Gasteiger charge is -2.34. The van der Waals surface area contributed by atoms with Crippen molar-refractivity contribution in [3.05, 3.63) is 60.3 Å². The van der Waals surface area contributed by atoms with Gasteiger partial charge in [0.05, 0.1) is 4.90 Å². The lowest BCUT2D eigenvalue weighted by atomic mass is 10.2. The fraction of sp³-hybridized carbons (Fsp3) is 0.273. The van der Waals surface area contributed by atoms with Gasteiger partial charge in [0.25, 0.3) is 5.91 Å². The van der Waals surface area contributed by atoms with Crippen LogP contribution in [0.2, 0.25) is 0 Å². The second kappa shape index (κ2) is 8.16. The minimum atomic E-state index is -3.67. The first-order valence-corrected chi connectivity index (χ1v) is 11.4. The molecule has 0 radical (unpaired) electrons. The number of nitrogens with zero attached hydrogens (tertiary/aromatic N) is 3. The third kappa shape index (κ3) is 4.06. The Morgan fingerprint density at radius 2 is 1.58 bits per heavy atom. The summed E-state index contributed by atoms with van der Waals surface area (Å²) in [4.78, 5) is 26.0. The van der Waals surface area contributed by atoms with Crippen molar-refractivity contribution in [1.82, 2.24) is 13.8 Å². The first kappa shape index (κ1) is 21.1. The van der Waals surface area contributed by atoms with Crippen molar-refractivity contribution in [1.29, 1.82) is 0 Å². The molecule has 0 aliphatic carbocycles. The Balaban J connectivity index is 1.45. The third-order valence-corrected chi connectivity index (χ3v) is 7.42. The Morgan fingerprint density at radius 1 is 0.935 bits per heavy atom. The summed E-state index contributed by atoms with van der Waals surface area (Å²) in [7, 11) is -1.81. The fourth-order valence-corrected chi connectivity index (χ4v) is 5.27. The second-order valence-electron chi connectivity index (χ2n) is 7.55. The Kier molecular flexibility index (Phi) is 5.55. The van der Waals surface area contributed by atoms with Crippen molar-refractivity contribution >= 4 is 38.4 Å².